The van der Waals surface area contributed by atoms with Crippen LogP contribution in [0.4, 0.5) is 0 Å². The van der Waals surface area contributed by atoms with Crippen LogP contribution in [-0.2, 0) is 0 Å². The Morgan fingerprint density at radius 3 is 2.94 bits per heavy atom. The van der Waals surface area contributed by atoms with Gasteiger partial charge in [-0.3, -0.25) is 4.90 Å². The number of hydrogen-bond acceptors (Lipinski definition) is 3. The lowest BCUT2D eigenvalue weighted by Gasteiger charge is -2.27. The standard InChI is InChI=1S/C13H25N3/c1-2-7-14-11(4-1)10-15-12-6-9-16-8-3-5-13(12)16/h11-15H,1-10H2. The largest absolute Gasteiger partial charge is 0.313 e. The number of nitrogens with zero attached hydrogens (tertiary/aromatic N) is 1. The minimum Gasteiger partial charge on any atom is -0.313 e. The lowest BCUT2D eigenvalue weighted by Crippen LogP contribution is -2.47. The number of hydrogen-bond donors (Lipinski definition) is 2. The second-order valence-corrected chi connectivity index (χ2v) is 5.70. The molecule has 3 atom stereocenters. The summed E-state index contributed by atoms with van der Waals surface area (Å²) in [5.74, 6) is 0. The van der Waals surface area contributed by atoms with Crippen molar-refractivity contribution in [3.63, 3.8) is 0 Å². The van der Waals surface area contributed by atoms with E-state index in [0.717, 1.165) is 18.1 Å². The van der Waals surface area contributed by atoms with Gasteiger partial charge in [-0.25, -0.2) is 0 Å². The molecule has 16 heavy (non-hydrogen) atoms. The number of rotatable bonds is 3. The molecule has 3 rings (SSSR count). The molecule has 3 aliphatic heterocycles. The van der Waals surface area contributed by atoms with Crippen LogP contribution in [0.25, 0.3) is 0 Å². The summed E-state index contributed by atoms with van der Waals surface area (Å²) in [4.78, 5) is 2.69. The Morgan fingerprint density at radius 1 is 1.06 bits per heavy atom. The van der Waals surface area contributed by atoms with Crippen LogP contribution in [0.15, 0.2) is 0 Å². The van der Waals surface area contributed by atoms with Crippen molar-refractivity contribution in [2.24, 2.45) is 0 Å². The summed E-state index contributed by atoms with van der Waals surface area (Å²) in [7, 11) is 0. The van der Waals surface area contributed by atoms with Crippen molar-refractivity contribution >= 4 is 0 Å². The second kappa shape index (κ2) is 5.03. The fourth-order valence-corrected chi connectivity index (χ4v) is 3.71. The Bertz CT molecular complexity index is 225. The molecule has 0 radical (unpaired) electrons. The third kappa shape index (κ3) is 2.27. The van der Waals surface area contributed by atoms with E-state index in [4.69, 9.17) is 0 Å². The molecule has 3 fully saturated rings. The molecule has 0 aromatic rings. The van der Waals surface area contributed by atoms with Gasteiger partial charge in [-0.05, 0) is 45.2 Å². The van der Waals surface area contributed by atoms with Crippen LogP contribution in [0.5, 0.6) is 0 Å². The van der Waals surface area contributed by atoms with E-state index in [0.29, 0.717) is 0 Å². The van der Waals surface area contributed by atoms with Gasteiger partial charge in [0.15, 0.2) is 0 Å². The van der Waals surface area contributed by atoms with E-state index in [-0.39, 0.29) is 0 Å². The van der Waals surface area contributed by atoms with Gasteiger partial charge in [0, 0.05) is 31.2 Å². The van der Waals surface area contributed by atoms with Gasteiger partial charge in [0.05, 0.1) is 0 Å². The molecule has 0 aromatic carbocycles. The Balaban J connectivity index is 1.44. The van der Waals surface area contributed by atoms with Crippen LogP contribution in [0.2, 0.25) is 0 Å². The van der Waals surface area contributed by atoms with Crippen molar-refractivity contribution in [2.45, 2.75) is 56.7 Å². The Hall–Kier alpha value is -0.120. The molecule has 3 unspecified atom stereocenters. The lowest BCUT2D eigenvalue weighted by atomic mass is 10.0. The van der Waals surface area contributed by atoms with Crippen LogP contribution in [-0.4, -0.2) is 49.2 Å². The van der Waals surface area contributed by atoms with Crippen molar-refractivity contribution in [3.8, 4) is 0 Å². The maximum absolute atomic E-state index is 3.82. The molecule has 3 saturated heterocycles. The molecule has 2 N–H and O–H groups in total. The molecule has 3 heterocycles. The molecule has 0 saturated carbocycles. The molecule has 3 aliphatic rings. The fraction of sp³-hybridized carbons (Fsp3) is 1.00. The van der Waals surface area contributed by atoms with Crippen LogP contribution >= 0.6 is 0 Å². The molecule has 0 aliphatic carbocycles. The van der Waals surface area contributed by atoms with Crippen molar-refractivity contribution < 1.29 is 0 Å². The molecule has 0 amide bonds. The first-order valence-corrected chi connectivity index (χ1v) is 7.14. The fourth-order valence-electron chi connectivity index (χ4n) is 3.71. The van der Waals surface area contributed by atoms with Gasteiger partial charge in [-0.15, -0.1) is 0 Å². The summed E-state index contributed by atoms with van der Waals surface area (Å²) < 4.78 is 0. The van der Waals surface area contributed by atoms with Crippen molar-refractivity contribution in [2.75, 3.05) is 26.2 Å². The quantitative estimate of drug-likeness (QED) is 0.746. The summed E-state index contributed by atoms with van der Waals surface area (Å²) in [6.45, 7) is 5.10. The van der Waals surface area contributed by atoms with E-state index in [2.05, 4.69) is 15.5 Å². The third-order valence-electron chi connectivity index (χ3n) is 4.64. The predicted octanol–water partition coefficient (Wildman–Crippen LogP) is 0.955. The zero-order valence-electron chi connectivity index (χ0n) is 10.3. The Kier molecular flexibility index (Phi) is 3.46. The Morgan fingerprint density at radius 2 is 2.06 bits per heavy atom. The van der Waals surface area contributed by atoms with Gasteiger partial charge in [0.2, 0.25) is 0 Å². The molecular formula is C13H25N3. The van der Waals surface area contributed by atoms with Crippen LogP contribution < -0.4 is 10.6 Å². The smallest absolute Gasteiger partial charge is 0.0250 e. The van der Waals surface area contributed by atoms with Crippen molar-refractivity contribution in [1.29, 1.82) is 0 Å². The first-order valence-electron chi connectivity index (χ1n) is 7.14. The van der Waals surface area contributed by atoms with Gasteiger partial charge >= 0.3 is 0 Å². The van der Waals surface area contributed by atoms with Gasteiger partial charge in [-0.2, -0.15) is 0 Å². The first-order chi connectivity index (χ1) is 7.93. The second-order valence-electron chi connectivity index (χ2n) is 5.70. The topological polar surface area (TPSA) is 27.3 Å². The zero-order chi connectivity index (χ0) is 10.8. The van der Waals surface area contributed by atoms with Crippen LogP contribution in [0.3, 0.4) is 0 Å². The molecule has 0 bridgehead atoms. The summed E-state index contributed by atoms with van der Waals surface area (Å²) in [6.07, 6.45) is 8.38. The molecule has 3 heteroatoms. The SMILES string of the molecule is C1CCC(CNC2CCN3CCCC23)NC1. The predicted molar refractivity (Wildman–Crippen MR) is 66.6 cm³/mol. The molecule has 0 aromatic heterocycles. The Labute approximate surface area is 99.0 Å². The number of piperidine rings is 1. The molecule has 3 nitrogen and oxygen atoms in total. The highest BCUT2D eigenvalue weighted by molar-refractivity contribution is 4.96. The third-order valence-corrected chi connectivity index (χ3v) is 4.64. The van der Waals surface area contributed by atoms with Gasteiger partial charge < -0.3 is 10.6 Å². The van der Waals surface area contributed by atoms with E-state index in [9.17, 15) is 0 Å². The highest BCUT2D eigenvalue weighted by Gasteiger charge is 2.36. The number of nitrogens with one attached hydrogen (secondary N) is 2. The maximum atomic E-state index is 3.82. The minimum atomic E-state index is 0.740. The lowest BCUT2D eigenvalue weighted by molar-refractivity contribution is 0.289. The first kappa shape index (κ1) is 11.0. The zero-order valence-corrected chi connectivity index (χ0v) is 10.3. The van der Waals surface area contributed by atoms with Crippen molar-refractivity contribution in [1.82, 2.24) is 15.5 Å². The molecule has 92 valence electrons. The van der Waals surface area contributed by atoms with Crippen molar-refractivity contribution in [3.05, 3.63) is 0 Å². The molecule has 0 spiro atoms. The highest BCUT2D eigenvalue weighted by atomic mass is 15.2. The van der Waals surface area contributed by atoms with Crippen LogP contribution in [0.1, 0.15) is 38.5 Å². The highest BCUT2D eigenvalue weighted by Crippen LogP contribution is 2.27. The van der Waals surface area contributed by atoms with E-state index in [1.54, 1.807) is 0 Å². The monoisotopic (exact) mass is 223 g/mol. The van der Waals surface area contributed by atoms with E-state index < -0.39 is 0 Å². The minimum absolute atomic E-state index is 0.740. The van der Waals surface area contributed by atoms with Crippen LogP contribution in [0, 0.1) is 0 Å². The van der Waals surface area contributed by atoms with E-state index >= 15 is 0 Å². The van der Waals surface area contributed by atoms with E-state index in [1.807, 2.05) is 0 Å². The van der Waals surface area contributed by atoms with Gasteiger partial charge in [0.1, 0.15) is 0 Å². The van der Waals surface area contributed by atoms with Gasteiger partial charge in [0.25, 0.3) is 0 Å². The average Bonchev–Trinajstić information content (AvgIpc) is 2.90. The normalized spacial score (nSPS) is 40.1. The average molecular weight is 223 g/mol. The summed E-state index contributed by atoms with van der Waals surface area (Å²) in [6, 6.07) is 2.39. The maximum Gasteiger partial charge on any atom is 0.0250 e. The summed E-state index contributed by atoms with van der Waals surface area (Å²) in [5.41, 5.74) is 0. The van der Waals surface area contributed by atoms with Gasteiger partial charge in [-0.1, -0.05) is 6.42 Å². The summed E-state index contributed by atoms with van der Waals surface area (Å²) >= 11 is 0. The summed E-state index contributed by atoms with van der Waals surface area (Å²) in [5, 5.41) is 7.45. The molecular weight excluding hydrogens is 198 g/mol. The number of fused-ring (bicyclic) bond motifs is 1. The van der Waals surface area contributed by atoms with E-state index in [1.165, 1.54) is 64.7 Å².